The van der Waals surface area contributed by atoms with Crippen molar-refractivity contribution in [3.63, 3.8) is 0 Å². The molecule has 1 aromatic carbocycles. The molecule has 0 bridgehead atoms. The molecule has 0 saturated carbocycles. The molecule has 2 fully saturated rings. The minimum atomic E-state index is -1.47. The molecule has 3 atom stereocenters. The average Bonchev–Trinajstić information content (AvgIpc) is 3.42. The normalized spacial score (nSPS) is 32.2. The van der Waals surface area contributed by atoms with Crippen molar-refractivity contribution in [2.45, 2.75) is 44.0 Å². The number of amides is 2. The quantitative estimate of drug-likeness (QED) is 0.509. The summed E-state index contributed by atoms with van der Waals surface area (Å²) in [5.74, 6) is -0.704. The van der Waals surface area contributed by atoms with Gasteiger partial charge in [-0.05, 0) is 30.0 Å². The number of nitrogens with one attached hydrogen (secondary N) is 3. The zero-order valence-electron chi connectivity index (χ0n) is 18.7. The fourth-order valence-electron chi connectivity index (χ4n) is 6.08. The van der Waals surface area contributed by atoms with Gasteiger partial charge in [-0.15, -0.1) is 6.58 Å². The molecule has 4 heterocycles. The number of anilines is 1. The Morgan fingerprint density at radius 3 is 2.69 bits per heavy atom. The summed E-state index contributed by atoms with van der Waals surface area (Å²) < 4.78 is 5.92. The van der Waals surface area contributed by atoms with Crippen molar-refractivity contribution in [1.29, 1.82) is 0 Å². The molecule has 0 spiro atoms. The third kappa shape index (κ3) is 2.17. The van der Waals surface area contributed by atoms with E-state index >= 15 is 0 Å². The molecule has 2 amide bonds. The fourth-order valence-corrected chi connectivity index (χ4v) is 6.08. The van der Waals surface area contributed by atoms with Crippen molar-refractivity contribution in [3.05, 3.63) is 66.4 Å². The number of piperazine rings is 1. The van der Waals surface area contributed by atoms with E-state index in [-0.39, 0.29) is 23.9 Å². The molecular weight excluding hydrogens is 406 g/mol. The topological polar surface area (TPSA) is 99.3 Å². The van der Waals surface area contributed by atoms with Gasteiger partial charge >= 0.3 is 0 Å². The second kappa shape index (κ2) is 6.32. The summed E-state index contributed by atoms with van der Waals surface area (Å²) in [6, 6.07) is 8.01. The maximum absolute atomic E-state index is 14.0. The number of H-pyrrole nitrogens is 1. The first-order valence-corrected chi connectivity index (χ1v) is 10.6. The smallest absolute Gasteiger partial charge is 0.278 e. The maximum Gasteiger partial charge on any atom is 0.278 e. The molecular formula is C24H27N5O3. The van der Waals surface area contributed by atoms with Crippen LogP contribution in [-0.4, -0.2) is 45.2 Å². The van der Waals surface area contributed by atoms with Gasteiger partial charge in [0.15, 0.2) is 0 Å². The number of carbonyl (C=O) groups is 2. The maximum atomic E-state index is 14.0. The van der Waals surface area contributed by atoms with E-state index in [4.69, 9.17) is 4.74 Å². The van der Waals surface area contributed by atoms with E-state index in [1.165, 1.54) is 13.4 Å². The number of fused-ring (bicyclic) bond motifs is 5. The van der Waals surface area contributed by atoms with Crippen molar-refractivity contribution in [2.75, 3.05) is 12.4 Å². The Morgan fingerprint density at radius 2 is 2.03 bits per heavy atom. The lowest BCUT2D eigenvalue weighted by atomic mass is 9.56. The molecule has 2 saturated heterocycles. The summed E-state index contributed by atoms with van der Waals surface area (Å²) in [7, 11) is 1.48. The van der Waals surface area contributed by atoms with E-state index in [1.54, 1.807) is 17.2 Å². The number of allylic oxidation sites excluding steroid dienone is 1. The molecule has 32 heavy (non-hydrogen) atoms. The number of aromatic nitrogens is 2. The zero-order valence-corrected chi connectivity index (χ0v) is 18.7. The Labute approximate surface area is 186 Å². The third-order valence-electron chi connectivity index (χ3n) is 7.71. The summed E-state index contributed by atoms with van der Waals surface area (Å²) in [5.41, 5.74) is -0.834. The average molecular weight is 434 g/mol. The monoisotopic (exact) mass is 433 g/mol. The van der Waals surface area contributed by atoms with Crippen LogP contribution < -0.4 is 10.6 Å². The Bertz CT molecular complexity index is 1170. The highest BCUT2D eigenvalue weighted by molar-refractivity contribution is 6.10. The molecule has 8 nitrogen and oxygen atoms in total. The molecule has 3 aliphatic heterocycles. The van der Waals surface area contributed by atoms with Gasteiger partial charge in [0.05, 0.1) is 23.6 Å². The lowest BCUT2D eigenvalue weighted by Crippen LogP contribution is -2.71. The van der Waals surface area contributed by atoms with Crippen molar-refractivity contribution in [1.82, 2.24) is 20.2 Å². The number of aromatic amines is 1. The number of nitrogens with zero attached hydrogens (tertiary/aromatic N) is 2. The number of hydrogen-bond acceptors (Lipinski definition) is 5. The van der Waals surface area contributed by atoms with Crippen LogP contribution in [0.4, 0.5) is 5.69 Å². The van der Waals surface area contributed by atoms with Crippen LogP contribution >= 0.6 is 0 Å². The third-order valence-corrected chi connectivity index (χ3v) is 7.71. The van der Waals surface area contributed by atoms with E-state index in [2.05, 4.69) is 47.1 Å². The lowest BCUT2D eigenvalue weighted by molar-refractivity contribution is -0.184. The number of methoxy groups -OCH3 is 1. The standard InChI is InChI=1S/C24H27N5O3/c1-6-21(2,3)23-13-24(32-5)20(31)27-18(11-15-12-25-14-26-15)19(30)29(24)22(23,4)28-17-10-8-7-9-16(17)23/h6-12,14,28H,1,13H2,2-5H3,(H,25,26)(H,27,31)/b18-11+/t22-,23-,24+/m0/s1. The number of imidazole rings is 1. The van der Waals surface area contributed by atoms with Crippen molar-refractivity contribution in [3.8, 4) is 0 Å². The Balaban J connectivity index is 1.77. The Hall–Kier alpha value is -3.39. The van der Waals surface area contributed by atoms with Gasteiger partial charge in [0, 0.05) is 19.2 Å². The number of carbonyl (C=O) groups excluding carboxylic acids is 2. The second-order valence-electron chi connectivity index (χ2n) is 9.40. The van der Waals surface area contributed by atoms with Crippen LogP contribution in [0.2, 0.25) is 0 Å². The molecule has 0 unspecified atom stereocenters. The highest BCUT2D eigenvalue weighted by Gasteiger charge is 2.78. The molecule has 1 aromatic heterocycles. The SMILES string of the molecule is C=CC(C)(C)[C@@]12C[C@@]3(OC)C(=O)N/C(=C/c4cnc[nH]4)C(=O)N3[C@]1(C)Nc1ccccc12. The van der Waals surface area contributed by atoms with Gasteiger partial charge in [0.2, 0.25) is 5.72 Å². The van der Waals surface area contributed by atoms with E-state index < -0.39 is 22.2 Å². The van der Waals surface area contributed by atoms with Crippen molar-refractivity contribution < 1.29 is 14.3 Å². The highest BCUT2D eigenvalue weighted by Crippen LogP contribution is 2.67. The van der Waals surface area contributed by atoms with Crippen LogP contribution in [0.3, 0.4) is 0 Å². The summed E-state index contributed by atoms with van der Waals surface area (Å²) in [4.78, 5) is 36.1. The molecule has 3 N–H and O–H groups in total. The first kappa shape index (κ1) is 20.5. The predicted molar refractivity (Wildman–Crippen MR) is 120 cm³/mol. The van der Waals surface area contributed by atoms with Gasteiger partial charge in [-0.25, -0.2) is 4.98 Å². The summed E-state index contributed by atoms with van der Waals surface area (Å²) >= 11 is 0. The first-order chi connectivity index (χ1) is 15.2. The van der Waals surface area contributed by atoms with Crippen LogP contribution in [0.15, 0.2) is 55.1 Å². The first-order valence-electron chi connectivity index (χ1n) is 10.6. The van der Waals surface area contributed by atoms with Gasteiger partial charge in [-0.1, -0.05) is 38.1 Å². The van der Waals surface area contributed by atoms with Crippen LogP contribution in [0, 0.1) is 5.41 Å². The van der Waals surface area contributed by atoms with Crippen LogP contribution in [0.5, 0.6) is 0 Å². The number of benzene rings is 1. The Morgan fingerprint density at radius 1 is 1.28 bits per heavy atom. The highest BCUT2D eigenvalue weighted by atomic mass is 16.5. The van der Waals surface area contributed by atoms with Gasteiger partial charge in [-0.3, -0.25) is 14.5 Å². The molecule has 2 aromatic rings. The lowest BCUT2D eigenvalue weighted by Gasteiger charge is -2.51. The summed E-state index contributed by atoms with van der Waals surface area (Å²) in [5, 5.41) is 6.38. The largest absolute Gasteiger partial charge is 0.362 e. The number of rotatable bonds is 4. The van der Waals surface area contributed by atoms with E-state index in [0.717, 1.165) is 11.3 Å². The van der Waals surface area contributed by atoms with Gasteiger partial charge in [-0.2, -0.15) is 0 Å². The van der Waals surface area contributed by atoms with E-state index in [1.807, 2.05) is 31.2 Å². The van der Waals surface area contributed by atoms with Crippen molar-refractivity contribution in [2.24, 2.45) is 5.41 Å². The number of hydrogen-bond donors (Lipinski definition) is 3. The minimum Gasteiger partial charge on any atom is -0.362 e. The molecule has 3 aliphatic rings. The van der Waals surface area contributed by atoms with E-state index in [0.29, 0.717) is 5.69 Å². The molecule has 166 valence electrons. The summed E-state index contributed by atoms with van der Waals surface area (Å²) in [6.45, 7) is 10.3. The summed E-state index contributed by atoms with van der Waals surface area (Å²) in [6.07, 6.45) is 6.89. The molecule has 0 aliphatic carbocycles. The fraction of sp³-hybridized carbons (Fsp3) is 0.375. The van der Waals surface area contributed by atoms with E-state index in [9.17, 15) is 9.59 Å². The van der Waals surface area contributed by atoms with Crippen LogP contribution in [0.1, 0.15) is 38.4 Å². The van der Waals surface area contributed by atoms with Crippen molar-refractivity contribution >= 4 is 23.6 Å². The zero-order chi connectivity index (χ0) is 22.9. The van der Waals surface area contributed by atoms with Gasteiger partial charge in [0.25, 0.3) is 11.8 Å². The van der Waals surface area contributed by atoms with Crippen LogP contribution in [-0.2, 0) is 19.7 Å². The molecule has 5 rings (SSSR count). The predicted octanol–water partition coefficient (Wildman–Crippen LogP) is 2.75. The van der Waals surface area contributed by atoms with Gasteiger partial charge in [0.1, 0.15) is 11.4 Å². The number of ether oxygens (including phenoxy) is 1. The minimum absolute atomic E-state index is 0.165. The molecule has 0 radical (unpaired) electrons. The molecule has 8 heteroatoms. The second-order valence-corrected chi connectivity index (χ2v) is 9.40. The van der Waals surface area contributed by atoms with Gasteiger partial charge < -0.3 is 20.4 Å². The Kier molecular flexibility index (Phi) is 4.05. The van der Waals surface area contributed by atoms with Crippen LogP contribution in [0.25, 0.3) is 6.08 Å². The number of para-hydroxylation sites is 1.